The second-order valence-corrected chi connectivity index (χ2v) is 6.22. The molecular weight excluding hydrogens is 346 g/mol. The van der Waals surface area contributed by atoms with E-state index in [2.05, 4.69) is 17.7 Å². The number of hydrogen-bond acceptors (Lipinski definition) is 4. The van der Waals surface area contributed by atoms with Gasteiger partial charge >= 0.3 is 0 Å². The lowest BCUT2D eigenvalue weighted by molar-refractivity contribution is 0.0475. The van der Waals surface area contributed by atoms with E-state index in [0.717, 1.165) is 35.9 Å². The summed E-state index contributed by atoms with van der Waals surface area (Å²) in [5.41, 5.74) is 4.75. The van der Waals surface area contributed by atoms with E-state index in [1.54, 1.807) is 0 Å². The van der Waals surface area contributed by atoms with Gasteiger partial charge in [-0.25, -0.2) is 0 Å². The minimum Gasteiger partial charge on any atom is -0.492 e. The Bertz CT molecular complexity index is 609. The van der Waals surface area contributed by atoms with Crippen LogP contribution >= 0.6 is 23.8 Å². The zero-order valence-corrected chi connectivity index (χ0v) is 15.8. The van der Waals surface area contributed by atoms with Crippen LogP contribution in [-0.4, -0.2) is 42.9 Å². The van der Waals surface area contributed by atoms with Crippen molar-refractivity contribution in [2.45, 2.75) is 26.4 Å². The summed E-state index contributed by atoms with van der Waals surface area (Å²) in [5, 5.41) is 4.57. The van der Waals surface area contributed by atoms with Crippen molar-refractivity contribution in [2.75, 3.05) is 26.7 Å². The van der Waals surface area contributed by atoms with Gasteiger partial charge in [0.05, 0.1) is 17.3 Å². The molecule has 0 radical (unpaired) electrons. The summed E-state index contributed by atoms with van der Waals surface area (Å²) in [6, 6.07) is 5.68. The molecule has 132 valence electrons. The summed E-state index contributed by atoms with van der Waals surface area (Å²) in [7, 11) is 1.97. The molecule has 5 nitrogen and oxygen atoms in total. The number of ether oxygens (including phenoxy) is 1. The lowest BCUT2D eigenvalue weighted by Crippen LogP contribution is -2.38. The van der Waals surface area contributed by atoms with Gasteiger partial charge in [0.2, 0.25) is 0 Å². The Balaban J connectivity index is 1.96. The van der Waals surface area contributed by atoms with Crippen molar-refractivity contribution in [3.8, 4) is 5.75 Å². The lowest BCUT2D eigenvalue weighted by atomic mass is 10.1. The molecule has 0 fully saturated rings. The van der Waals surface area contributed by atoms with Gasteiger partial charge in [0.15, 0.2) is 5.11 Å². The first kappa shape index (κ1) is 18.8. The summed E-state index contributed by atoms with van der Waals surface area (Å²) in [5.74, 6) is 0.675. The number of hydrogen-bond donors (Lipinski definition) is 2. The molecule has 0 saturated carbocycles. The predicted molar refractivity (Wildman–Crippen MR) is 102 cm³/mol. The number of nitrogens with zero attached hydrogens (tertiary/aromatic N) is 1. The number of halogens is 1. The fourth-order valence-electron chi connectivity index (χ4n) is 2.29. The fraction of sp³-hybridized carbons (Fsp3) is 0.471. The van der Waals surface area contributed by atoms with Gasteiger partial charge in [-0.05, 0) is 50.7 Å². The van der Waals surface area contributed by atoms with Crippen LogP contribution in [0.4, 0.5) is 0 Å². The normalized spacial score (nSPS) is 16.3. The fourth-order valence-corrected chi connectivity index (χ4v) is 2.75. The average Bonchev–Trinajstić information content (AvgIpc) is 3.04. The molecule has 0 bridgehead atoms. The third kappa shape index (κ3) is 4.75. The first-order valence-corrected chi connectivity index (χ1v) is 8.89. The highest BCUT2D eigenvalue weighted by Crippen LogP contribution is 2.34. The maximum atomic E-state index is 6.23. The topological polar surface area (TPSA) is 45.8 Å². The first-order valence-electron chi connectivity index (χ1n) is 8.10. The van der Waals surface area contributed by atoms with Gasteiger partial charge in [0.25, 0.3) is 0 Å². The number of nitrogens with one attached hydrogen (secondary N) is 2. The molecule has 1 atom stereocenters. The van der Waals surface area contributed by atoms with Crippen molar-refractivity contribution in [1.82, 2.24) is 15.7 Å². The number of hydroxylamine groups is 1. The van der Waals surface area contributed by atoms with Crippen molar-refractivity contribution in [3.05, 3.63) is 34.9 Å². The van der Waals surface area contributed by atoms with Crippen molar-refractivity contribution in [3.63, 3.8) is 0 Å². The Kier molecular flexibility index (Phi) is 7.15. The Morgan fingerprint density at radius 3 is 2.96 bits per heavy atom. The zero-order valence-electron chi connectivity index (χ0n) is 14.3. The van der Waals surface area contributed by atoms with Gasteiger partial charge in [-0.2, -0.15) is 0 Å². The molecule has 1 heterocycles. The molecule has 1 aromatic rings. The molecule has 1 aliphatic heterocycles. The number of benzene rings is 1. The minimum absolute atomic E-state index is 0.0318. The van der Waals surface area contributed by atoms with Crippen LogP contribution in [0.5, 0.6) is 5.75 Å². The third-order valence-corrected chi connectivity index (χ3v) is 4.50. The molecule has 24 heavy (non-hydrogen) atoms. The van der Waals surface area contributed by atoms with E-state index < -0.39 is 0 Å². The van der Waals surface area contributed by atoms with Crippen molar-refractivity contribution in [1.29, 1.82) is 0 Å². The number of rotatable bonds is 7. The van der Waals surface area contributed by atoms with Crippen LogP contribution in [0, 0.1) is 0 Å². The second-order valence-electron chi connectivity index (χ2n) is 5.42. The molecular formula is C17H24ClN3O2S. The van der Waals surface area contributed by atoms with E-state index in [4.69, 9.17) is 33.4 Å². The quantitative estimate of drug-likeness (QED) is 0.720. The Morgan fingerprint density at radius 2 is 2.25 bits per heavy atom. The number of para-hydroxylation sites is 1. The Hall–Kier alpha value is -1.50. The van der Waals surface area contributed by atoms with Crippen molar-refractivity contribution in [2.24, 2.45) is 0 Å². The predicted octanol–water partition coefficient (Wildman–Crippen LogP) is 3.20. The Morgan fingerprint density at radius 1 is 1.46 bits per heavy atom. The smallest absolute Gasteiger partial charge is 0.168 e. The average molecular weight is 370 g/mol. The molecule has 0 aromatic heterocycles. The maximum Gasteiger partial charge on any atom is 0.168 e. The molecule has 2 N–H and O–H groups in total. The standard InChI is InChI=1S/C17H24ClN3O2S/c1-4-21(3)17(24)19-10-9-12-11-15(20-23-12)13-7-6-8-14(18)16(13)22-5-2/h6-8,11-12,20H,4-5,9-10H2,1-3H3,(H,19,24). The van der Waals surface area contributed by atoms with Gasteiger partial charge in [-0.15, -0.1) is 0 Å². The Labute approximate surface area is 153 Å². The van der Waals surface area contributed by atoms with E-state index in [-0.39, 0.29) is 6.10 Å². The van der Waals surface area contributed by atoms with E-state index in [9.17, 15) is 0 Å². The van der Waals surface area contributed by atoms with Crippen LogP contribution in [0.3, 0.4) is 0 Å². The van der Waals surface area contributed by atoms with Crippen molar-refractivity contribution < 1.29 is 9.57 Å². The van der Waals surface area contributed by atoms with Gasteiger partial charge in [0.1, 0.15) is 11.9 Å². The largest absolute Gasteiger partial charge is 0.492 e. The first-order chi connectivity index (χ1) is 11.6. The molecule has 1 aromatic carbocycles. The van der Waals surface area contributed by atoms with E-state index in [0.29, 0.717) is 17.4 Å². The summed E-state index contributed by atoms with van der Waals surface area (Å²) in [6.07, 6.45) is 2.82. The van der Waals surface area contributed by atoms with Gasteiger partial charge in [0, 0.05) is 25.7 Å². The van der Waals surface area contributed by atoms with Crippen LogP contribution in [0.25, 0.3) is 5.70 Å². The summed E-state index contributed by atoms with van der Waals surface area (Å²) in [6.45, 7) is 6.18. The summed E-state index contributed by atoms with van der Waals surface area (Å²) in [4.78, 5) is 7.61. The highest BCUT2D eigenvalue weighted by atomic mass is 35.5. The van der Waals surface area contributed by atoms with Gasteiger partial charge < -0.3 is 15.0 Å². The van der Waals surface area contributed by atoms with Gasteiger partial charge in [-0.3, -0.25) is 10.3 Å². The molecule has 1 unspecified atom stereocenters. The molecule has 0 aliphatic carbocycles. The van der Waals surface area contributed by atoms with Crippen LogP contribution in [0.2, 0.25) is 5.02 Å². The summed E-state index contributed by atoms with van der Waals surface area (Å²) >= 11 is 11.5. The zero-order chi connectivity index (χ0) is 17.5. The summed E-state index contributed by atoms with van der Waals surface area (Å²) < 4.78 is 5.66. The molecule has 0 amide bonds. The van der Waals surface area contributed by atoms with E-state index in [1.807, 2.05) is 43.1 Å². The molecule has 2 rings (SSSR count). The van der Waals surface area contributed by atoms with Crippen molar-refractivity contribution >= 4 is 34.6 Å². The molecule has 0 saturated heterocycles. The SMILES string of the molecule is CCOc1c(Cl)cccc1C1=CC(CCNC(=S)N(C)CC)ON1. The number of thiocarbonyl (C=S) groups is 1. The maximum absolute atomic E-state index is 6.23. The van der Waals surface area contributed by atoms with E-state index in [1.165, 1.54) is 0 Å². The van der Waals surface area contributed by atoms with Crippen LogP contribution in [-0.2, 0) is 4.84 Å². The molecule has 1 aliphatic rings. The second kappa shape index (κ2) is 9.11. The molecule has 0 spiro atoms. The van der Waals surface area contributed by atoms with Crippen LogP contribution in [0.1, 0.15) is 25.8 Å². The minimum atomic E-state index is -0.0318. The van der Waals surface area contributed by atoms with E-state index >= 15 is 0 Å². The lowest BCUT2D eigenvalue weighted by Gasteiger charge is -2.19. The van der Waals surface area contributed by atoms with Gasteiger partial charge in [-0.1, -0.05) is 17.7 Å². The van der Waals surface area contributed by atoms with Crippen LogP contribution < -0.4 is 15.5 Å². The highest BCUT2D eigenvalue weighted by Gasteiger charge is 2.21. The highest BCUT2D eigenvalue weighted by molar-refractivity contribution is 7.80. The van der Waals surface area contributed by atoms with Crippen LogP contribution in [0.15, 0.2) is 24.3 Å². The monoisotopic (exact) mass is 369 g/mol. The third-order valence-electron chi connectivity index (χ3n) is 3.74. The molecule has 7 heteroatoms.